The lowest BCUT2D eigenvalue weighted by Gasteiger charge is -2.34. The molecule has 100 valence electrons. The van der Waals surface area contributed by atoms with E-state index in [1.807, 2.05) is 44.2 Å². The van der Waals surface area contributed by atoms with Crippen molar-refractivity contribution in [1.29, 1.82) is 0 Å². The number of aliphatic hydroxyl groups excluding tert-OH is 1. The smallest absolute Gasteiger partial charge is 0.226 e. The fourth-order valence-corrected chi connectivity index (χ4v) is 1.38. The van der Waals surface area contributed by atoms with Crippen LogP contribution in [0.5, 0.6) is 5.75 Å². The van der Waals surface area contributed by atoms with E-state index in [0.717, 1.165) is 5.75 Å². The molecule has 0 radical (unpaired) electrons. The summed E-state index contributed by atoms with van der Waals surface area (Å²) in [4.78, 5) is 13.4. The number of carbonyl (C=O) groups is 1. The molecule has 0 aliphatic rings. The number of hydrogen-bond donors (Lipinski definition) is 1. The summed E-state index contributed by atoms with van der Waals surface area (Å²) in [6, 6.07) is 9.39. The van der Waals surface area contributed by atoms with Crippen LogP contribution in [0.1, 0.15) is 20.3 Å². The van der Waals surface area contributed by atoms with Gasteiger partial charge in [-0.1, -0.05) is 18.2 Å². The van der Waals surface area contributed by atoms with Gasteiger partial charge in [0.2, 0.25) is 5.91 Å². The Hall–Kier alpha value is -1.55. The van der Waals surface area contributed by atoms with Crippen LogP contribution in [0.15, 0.2) is 30.3 Å². The van der Waals surface area contributed by atoms with Crippen molar-refractivity contribution in [2.45, 2.75) is 25.8 Å². The monoisotopic (exact) mass is 251 g/mol. The third-order valence-electron chi connectivity index (χ3n) is 3.00. The molecule has 4 heteroatoms. The summed E-state index contributed by atoms with van der Waals surface area (Å²) in [5, 5.41) is 9.19. The van der Waals surface area contributed by atoms with Crippen molar-refractivity contribution in [2.24, 2.45) is 0 Å². The molecule has 0 heterocycles. The van der Waals surface area contributed by atoms with Gasteiger partial charge in [-0.2, -0.15) is 0 Å². The maximum absolute atomic E-state index is 11.9. The fourth-order valence-electron chi connectivity index (χ4n) is 1.38. The minimum atomic E-state index is -0.538. The number of benzene rings is 1. The van der Waals surface area contributed by atoms with E-state index >= 15 is 0 Å². The Bertz CT molecular complexity index is 376. The molecule has 18 heavy (non-hydrogen) atoms. The van der Waals surface area contributed by atoms with Gasteiger partial charge in [-0.05, 0) is 26.0 Å². The maximum Gasteiger partial charge on any atom is 0.226 e. The van der Waals surface area contributed by atoms with Gasteiger partial charge in [-0.3, -0.25) is 4.79 Å². The van der Waals surface area contributed by atoms with Gasteiger partial charge in [-0.15, -0.1) is 0 Å². The van der Waals surface area contributed by atoms with Gasteiger partial charge < -0.3 is 14.7 Å². The summed E-state index contributed by atoms with van der Waals surface area (Å²) < 4.78 is 5.46. The van der Waals surface area contributed by atoms with Crippen molar-refractivity contribution in [3.63, 3.8) is 0 Å². The van der Waals surface area contributed by atoms with E-state index < -0.39 is 5.54 Å². The van der Waals surface area contributed by atoms with Crippen LogP contribution in [0.25, 0.3) is 0 Å². The van der Waals surface area contributed by atoms with Gasteiger partial charge in [0.1, 0.15) is 5.75 Å². The average Bonchev–Trinajstić information content (AvgIpc) is 2.39. The third kappa shape index (κ3) is 4.04. The van der Waals surface area contributed by atoms with Crippen LogP contribution in [-0.4, -0.2) is 41.7 Å². The minimum Gasteiger partial charge on any atom is -0.493 e. The first-order valence-corrected chi connectivity index (χ1v) is 6.03. The van der Waals surface area contributed by atoms with Gasteiger partial charge >= 0.3 is 0 Å². The molecule has 0 saturated heterocycles. The molecule has 0 aliphatic heterocycles. The molecule has 0 bridgehead atoms. The SMILES string of the molecule is CN(C(=O)CCOc1ccccc1)C(C)(C)CO. The van der Waals surface area contributed by atoms with E-state index in [-0.39, 0.29) is 12.5 Å². The first-order valence-electron chi connectivity index (χ1n) is 6.03. The second kappa shape index (κ2) is 6.40. The summed E-state index contributed by atoms with van der Waals surface area (Å²) in [5.74, 6) is 0.722. The second-order valence-electron chi connectivity index (χ2n) is 4.83. The number of amides is 1. The third-order valence-corrected chi connectivity index (χ3v) is 3.00. The fraction of sp³-hybridized carbons (Fsp3) is 0.500. The quantitative estimate of drug-likeness (QED) is 0.837. The highest BCUT2D eigenvalue weighted by Crippen LogP contribution is 2.13. The van der Waals surface area contributed by atoms with Crippen LogP contribution < -0.4 is 4.74 Å². The van der Waals surface area contributed by atoms with Crippen molar-refractivity contribution in [3.05, 3.63) is 30.3 Å². The van der Waals surface area contributed by atoms with E-state index in [4.69, 9.17) is 4.74 Å². The van der Waals surface area contributed by atoms with Gasteiger partial charge in [0, 0.05) is 7.05 Å². The Morgan fingerprint density at radius 1 is 1.33 bits per heavy atom. The summed E-state index contributed by atoms with van der Waals surface area (Å²) in [6.45, 7) is 3.93. The number of hydrogen-bond acceptors (Lipinski definition) is 3. The second-order valence-corrected chi connectivity index (χ2v) is 4.83. The van der Waals surface area contributed by atoms with Crippen LogP contribution in [-0.2, 0) is 4.79 Å². The molecule has 0 spiro atoms. The van der Waals surface area contributed by atoms with Crippen LogP contribution in [0.4, 0.5) is 0 Å². The van der Waals surface area contributed by atoms with Crippen molar-refractivity contribution >= 4 is 5.91 Å². The van der Waals surface area contributed by atoms with E-state index in [1.54, 1.807) is 11.9 Å². The maximum atomic E-state index is 11.9. The molecule has 1 rings (SSSR count). The average molecular weight is 251 g/mol. The molecule has 1 N–H and O–H groups in total. The molecule has 1 aromatic rings. The number of ether oxygens (including phenoxy) is 1. The lowest BCUT2D eigenvalue weighted by molar-refractivity contribution is -0.136. The first kappa shape index (κ1) is 14.5. The zero-order valence-electron chi connectivity index (χ0n) is 11.2. The predicted octanol–water partition coefficient (Wildman–Crippen LogP) is 1.68. The van der Waals surface area contributed by atoms with Crippen LogP contribution in [0, 0.1) is 0 Å². The van der Waals surface area contributed by atoms with E-state index in [2.05, 4.69) is 0 Å². The Morgan fingerprint density at radius 2 is 1.94 bits per heavy atom. The molecule has 4 nitrogen and oxygen atoms in total. The van der Waals surface area contributed by atoms with Crippen LogP contribution >= 0.6 is 0 Å². The van der Waals surface area contributed by atoms with Gasteiger partial charge in [0.05, 0.1) is 25.2 Å². The minimum absolute atomic E-state index is 0.0371. The molecule has 0 unspecified atom stereocenters. The zero-order chi connectivity index (χ0) is 13.6. The van der Waals surface area contributed by atoms with Crippen LogP contribution in [0.2, 0.25) is 0 Å². The predicted molar refractivity (Wildman–Crippen MR) is 70.5 cm³/mol. The molecule has 0 aromatic heterocycles. The number of likely N-dealkylation sites (N-methyl/N-ethyl adjacent to an activating group) is 1. The standard InChI is InChI=1S/C14H21NO3/c1-14(2,11-16)15(3)13(17)9-10-18-12-7-5-4-6-8-12/h4-8,16H,9-11H2,1-3H3. The molecule has 0 aliphatic carbocycles. The molecule has 0 atom stereocenters. The molecule has 1 amide bonds. The lowest BCUT2D eigenvalue weighted by Crippen LogP contribution is -2.47. The van der Waals surface area contributed by atoms with Crippen molar-refractivity contribution < 1.29 is 14.6 Å². The van der Waals surface area contributed by atoms with Crippen LogP contribution in [0.3, 0.4) is 0 Å². The normalized spacial score (nSPS) is 11.1. The number of para-hydroxylation sites is 1. The van der Waals surface area contributed by atoms with Gasteiger partial charge in [0.25, 0.3) is 0 Å². The summed E-state index contributed by atoms with van der Waals surface area (Å²) in [5.41, 5.74) is -0.538. The topological polar surface area (TPSA) is 49.8 Å². The summed E-state index contributed by atoms with van der Waals surface area (Å²) in [6.07, 6.45) is 0.300. The highest BCUT2D eigenvalue weighted by Gasteiger charge is 2.26. The Balaban J connectivity index is 2.38. The first-order chi connectivity index (χ1) is 8.47. The Labute approximate surface area is 108 Å². The molecule has 0 saturated carbocycles. The molecule has 0 fully saturated rings. The molecular formula is C14H21NO3. The van der Waals surface area contributed by atoms with Crippen molar-refractivity contribution in [3.8, 4) is 5.75 Å². The Morgan fingerprint density at radius 3 is 2.50 bits per heavy atom. The highest BCUT2D eigenvalue weighted by molar-refractivity contribution is 5.76. The lowest BCUT2D eigenvalue weighted by atomic mass is 10.0. The molecule has 1 aromatic carbocycles. The Kier molecular flexibility index (Phi) is 5.16. The van der Waals surface area contributed by atoms with E-state index in [9.17, 15) is 9.90 Å². The largest absolute Gasteiger partial charge is 0.493 e. The number of rotatable bonds is 6. The van der Waals surface area contributed by atoms with E-state index in [0.29, 0.717) is 13.0 Å². The summed E-state index contributed by atoms with van der Waals surface area (Å²) >= 11 is 0. The van der Waals surface area contributed by atoms with E-state index in [1.165, 1.54) is 0 Å². The zero-order valence-corrected chi connectivity index (χ0v) is 11.2. The van der Waals surface area contributed by atoms with Gasteiger partial charge in [0.15, 0.2) is 0 Å². The van der Waals surface area contributed by atoms with Gasteiger partial charge in [-0.25, -0.2) is 0 Å². The number of carbonyl (C=O) groups excluding carboxylic acids is 1. The molecular weight excluding hydrogens is 230 g/mol. The number of aliphatic hydroxyl groups is 1. The van der Waals surface area contributed by atoms with Crippen molar-refractivity contribution in [2.75, 3.05) is 20.3 Å². The summed E-state index contributed by atoms with van der Waals surface area (Å²) in [7, 11) is 1.70. The highest BCUT2D eigenvalue weighted by atomic mass is 16.5. The number of nitrogens with zero attached hydrogens (tertiary/aromatic N) is 1. The van der Waals surface area contributed by atoms with Crippen molar-refractivity contribution in [1.82, 2.24) is 4.90 Å².